The maximum atomic E-state index is 13.8. The molecule has 0 spiro atoms. The smallest absolute Gasteiger partial charge is 0.363 e. The topological polar surface area (TPSA) is 110 Å². The SMILES string of the molecule is CCOC(=O)C1(NC(=O)Nc2cccc(C)c2)N=C(c2ccc(Cl)cc2)c2ccccc2-n2c(C)nnc21. The highest BCUT2D eigenvalue weighted by Gasteiger charge is 2.50. The number of aliphatic imine (C=N–C) groups is 1. The summed E-state index contributed by atoms with van der Waals surface area (Å²) in [6.45, 7) is 5.43. The molecular formula is C28H25ClN6O3. The summed E-state index contributed by atoms with van der Waals surface area (Å²) >= 11 is 6.16. The highest BCUT2D eigenvalue weighted by molar-refractivity contribution is 6.30. The van der Waals surface area contributed by atoms with E-state index in [1.165, 1.54) is 0 Å². The number of urea groups is 1. The van der Waals surface area contributed by atoms with Crippen LogP contribution in [0.5, 0.6) is 0 Å². The van der Waals surface area contributed by atoms with Crippen molar-refractivity contribution >= 4 is 35.0 Å². The van der Waals surface area contributed by atoms with Gasteiger partial charge in [-0.05, 0) is 56.7 Å². The molecule has 1 unspecified atom stereocenters. The van der Waals surface area contributed by atoms with E-state index in [9.17, 15) is 9.59 Å². The van der Waals surface area contributed by atoms with Crippen molar-refractivity contribution in [3.63, 3.8) is 0 Å². The summed E-state index contributed by atoms with van der Waals surface area (Å²) < 4.78 is 7.20. The Morgan fingerprint density at radius 1 is 1.00 bits per heavy atom. The first-order chi connectivity index (χ1) is 18.3. The quantitative estimate of drug-likeness (QED) is 0.357. The van der Waals surface area contributed by atoms with Gasteiger partial charge in [-0.3, -0.25) is 9.88 Å². The summed E-state index contributed by atoms with van der Waals surface area (Å²) in [5.41, 5.74) is 2.01. The third kappa shape index (κ3) is 4.52. The van der Waals surface area contributed by atoms with Gasteiger partial charge in [0.25, 0.3) is 5.66 Å². The van der Waals surface area contributed by atoms with Crippen molar-refractivity contribution in [1.29, 1.82) is 0 Å². The van der Waals surface area contributed by atoms with E-state index in [0.717, 1.165) is 5.56 Å². The second-order valence-corrected chi connectivity index (χ2v) is 9.21. The first-order valence-electron chi connectivity index (χ1n) is 12.0. The van der Waals surface area contributed by atoms with Crippen molar-refractivity contribution in [2.24, 2.45) is 4.99 Å². The summed E-state index contributed by atoms with van der Waals surface area (Å²) in [5.74, 6) is -0.189. The Balaban J connectivity index is 1.75. The van der Waals surface area contributed by atoms with Crippen molar-refractivity contribution in [3.8, 4) is 5.69 Å². The van der Waals surface area contributed by atoms with Crippen molar-refractivity contribution in [1.82, 2.24) is 20.1 Å². The van der Waals surface area contributed by atoms with Gasteiger partial charge in [0.15, 0.2) is 5.82 Å². The molecule has 0 saturated carbocycles. The summed E-state index contributed by atoms with van der Waals surface area (Å²) in [4.78, 5) is 32.1. The normalized spacial score (nSPS) is 15.9. The number of hydrogen-bond acceptors (Lipinski definition) is 6. The van der Waals surface area contributed by atoms with Gasteiger partial charge in [-0.25, -0.2) is 14.6 Å². The van der Waals surface area contributed by atoms with Crippen LogP contribution in [0.1, 0.15) is 35.3 Å². The molecule has 0 bridgehead atoms. The maximum absolute atomic E-state index is 13.8. The number of carbonyl (C=O) groups is 2. The van der Waals surface area contributed by atoms with Crippen LogP contribution in [0.3, 0.4) is 0 Å². The summed E-state index contributed by atoms with van der Waals surface area (Å²) in [6.07, 6.45) is 0. The molecule has 10 heteroatoms. The van der Waals surface area contributed by atoms with E-state index in [4.69, 9.17) is 21.3 Å². The van der Waals surface area contributed by atoms with Crippen LogP contribution in [0.2, 0.25) is 5.02 Å². The predicted octanol–water partition coefficient (Wildman–Crippen LogP) is 4.93. The van der Waals surface area contributed by atoms with Gasteiger partial charge in [0.1, 0.15) is 5.82 Å². The zero-order valence-corrected chi connectivity index (χ0v) is 21.8. The molecule has 1 aliphatic heterocycles. The van der Waals surface area contributed by atoms with Gasteiger partial charge in [0, 0.05) is 21.8 Å². The lowest BCUT2D eigenvalue weighted by molar-refractivity contribution is -0.151. The van der Waals surface area contributed by atoms with Crippen LogP contribution in [-0.2, 0) is 15.2 Å². The van der Waals surface area contributed by atoms with E-state index in [0.29, 0.717) is 39.1 Å². The first kappa shape index (κ1) is 25.2. The number of nitrogens with zero attached hydrogens (tertiary/aromatic N) is 4. The molecule has 1 aliphatic rings. The highest BCUT2D eigenvalue weighted by Crippen LogP contribution is 2.35. The third-order valence-electron chi connectivity index (χ3n) is 6.09. The number of ether oxygens (including phenoxy) is 1. The molecule has 2 heterocycles. The van der Waals surface area contributed by atoms with Crippen molar-refractivity contribution in [2.45, 2.75) is 26.4 Å². The number of anilines is 1. The highest BCUT2D eigenvalue weighted by atomic mass is 35.5. The lowest BCUT2D eigenvalue weighted by Crippen LogP contribution is -2.54. The summed E-state index contributed by atoms with van der Waals surface area (Å²) in [5, 5.41) is 14.7. The number of carbonyl (C=O) groups excluding carboxylic acids is 2. The number of fused-ring (bicyclic) bond motifs is 3. The Labute approximate surface area is 224 Å². The van der Waals surface area contributed by atoms with E-state index in [1.807, 2.05) is 49.4 Å². The minimum absolute atomic E-state index is 0.0631. The van der Waals surface area contributed by atoms with Crippen LogP contribution >= 0.6 is 11.6 Å². The van der Waals surface area contributed by atoms with Gasteiger partial charge in [-0.1, -0.05) is 54.1 Å². The molecule has 2 N–H and O–H groups in total. The van der Waals surface area contributed by atoms with Crippen LogP contribution in [0.4, 0.5) is 10.5 Å². The molecule has 2 amide bonds. The van der Waals surface area contributed by atoms with Gasteiger partial charge < -0.3 is 10.1 Å². The number of aromatic nitrogens is 3. The average molecular weight is 529 g/mol. The van der Waals surface area contributed by atoms with Gasteiger partial charge in [0.05, 0.1) is 18.0 Å². The van der Waals surface area contributed by atoms with Gasteiger partial charge in [-0.15, -0.1) is 10.2 Å². The average Bonchev–Trinajstić information content (AvgIpc) is 3.23. The summed E-state index contributed by atoms with van der Waals surface area (Å²) in [6, 6.07) is 21.2. The standard InChI is InChI=1S/C28H25ClN6O3/c1-4-38-26(36)28(32-27(37)30-21-9-7-8-17(2)16-21)25-34-33-18(3)35(25)23-11-6-5-10-22(23)24(31-28)19-12-14-20(29)15-13-19/h5-16H,4H2,1-3H3,(H2,30,32,37). The number of hydrogen-bond donors (Lipinski definition) is 2. The fourth-order valence-electron chi connectivity index (χ4n) is 4.42. The second-order valence-electron chi connectivity index (χ2n) is 8.77. The maximum Gasteiger partial charge on any atom is 0.363 e. The van der Waals surface area contributed by atoms with Crippen LogP contribution in [0.15, 0.2) is 77.8 Å². The molecule has 4 aromatic rings. The number of esters is 1. The Kier molecular flexibility index (Phi) is 6.69. The molecule has 0 aliphatic carbocycles. The molecular weight excluding hydrogens is 504 g/mol. The number of benzene rings is 3. The van der Waals surface area contributed by atoms with E-state index in [1.54, 1.807) is 48.7 Å². The first-order valence-corrected chi connectivity index (χ1v) is 12.4. The van der Waals surface area contributed by atoms with Crippen molar-refractivity contribution in [3.05, 3.63) is 106 Å². The van der Waals surface area contributed by atoms with Crippen LogP contribution in [0, 0.1) is 13.8 Å². The molecule has 1 atom stereocenters. The number of halogens is 1. The minimum atomic E-state index is -2.06. The van der Waals surface area contributed by atoms with Crippen LogP contribution in [0.25, 0.3) is 5.69 Å². The van der Waals surface area contributed by atoms with Crippen molar-refractivity contribution in [2.75, 3.05) is 11.9 Å². The lowest BCUT2D eigenvalue weighted by atomic mass is 10.00. The molecule has 0 radical (unpaired) electrons. The van der Waals surface area contributed by atoms with Crippen LogP contribution in [-0.4, -0.2) is 39.1 Å². The van der Waals surface area contributed by atoms with E-state index in [2.05, 4.69) is 20.8 Å². The zero-order chi connectivity index (χ0) is 26.9. The Bertz CT molecular complexity index is 1560. The molecule has 5 rings (SSSR count). The molecule has 9 nitrogen and oxygen atoms in total. The Morgan fingerprint density at radius 2 is 1.76 bits per heavy atom. The second kappa shape index (κ2) is 10.1. The molecule has 1 aromatic heterocycles. The zero-order valence-electron chi connectivity index (χ0n) is 21.0. The minimum Gasteiger partial charge on any atom is -0.462 e. The third-order valence-corrected chi connectivity index (χ3v) is 6.34. The fourth-order valence-corrected chi connectivity index (χ4v) is 4.54. The predicted molar refractivity (Wildman–Crippen MR) is 145 cm³/mol. The molecule has 0 saturated heterocycles. The fraction of sp³-hybridized carbons (Fsp3) is 0.179. The van der Waals surface area contributed by atoms with E-state index >= 15 is 0 Å². The van der Waals surface area contributed by atoms with Gasteiger partial charge in [-0.2, -0.15) is 0 Å². The van der Waals surface area contributed by atoms with Gasteiger partial charge in [0.2, 0.25) is 0 Å². The molecule has 192 valence electrons. The van der Waals surface area contributed by atoms with E-state index < -0.39 is 17.7 Å². The van der Waals surface area contributed by atoms with E-state index in [-0.39, 0.29) is 12.4 Å². The number of aryl methyl sites for hydroxylation is 2. The molecule has 0 fully saturated rings. The number of nitrogens with one attached hydrogen (secondary N) is 2. The summed E-state index contributed by atoms with van der Waals surface area (Å²) in [7, 11) is 0. The number of amides is 2. The largest absolute Gasteiger partial charge is 0.462 e. The lowest BCUT2D eigenvalue weighted by Gasteiger charge is -2.27. The Hall–Kier alpha value is -4.50. The molecule has 38 heavy (non-hydrogen) atoms. The molecule has 3 aromatic carbocycles. The monoisotopic (exact) mass is 528 g/mol. The van der Waals surface area contributed by atoms with Crippen LogP contribution < -0.4 is 10.6 Å². The Morgan fingerprint density at radius 3 is 2.50 bits per heavy atom. The number of para-hydroxylation sites is 1. The van der Waals surface area contributed by atoms with Crippen molar-refractivity contribution < 1.29 is 14.3 Å². The number of rotatable bonds is 5. The van der Waals surface area contributed by atoms with Gasteiger partial charge >= 0.3 is 12.0 Å².